The third kappa shape index (κ3) is 4.68. The van der Waals surface area contributed by atoms with Gasteiger partial charge in [-0.2, -0.15) is 13.2 Å². The first-order valence-electron chi connectivity index (χ1n) is 6.52. The van der Waals surface area contributed by atoms with Crippen LogP contribution in [0.5, 0.6) is 5.75 Å². The normalized spacial score (nSPS) is 18.6. The van der Waals surface area contributed by atoms with Crippen LogP contribution in [0.4, 0.5) is 13.2 Å². The van der Waals surface area contributed by atoms with Gasteiger partial charge in [-0.15, -0.1) is 0 Å². The van der Waals surface area contributed by atoms with E-state index in [0.717, 1.165) is 25.0 Å². The summed E-state index contributed by atoms with van der Waals surface area (Å²) in [6, 6.07) is 5.11. The van der Waals surface area contributed by atoms with Crippen LogP contribution in [0.3, 0.4) is 0 Å². The van der Waals surface area contributed by atoms with Gasteiger partial charge in [-0.05, 0) is 38.0 Å². The van der Waals surface area contributed by atoms with E-state index >= 15 is 0 Å². The average molecular weight is 289 g/mol. The summed E-state index contributed by atoms with van der Waals surface area (Å²) in [6.07, 6.45) is -2.19. The predicted octanol–water partition coefficient (Wildman–Crippen LogP) is 2.59. The van der Waals surface area contributed by atoms with Crippen LogP contribution in [0, 0.1) is 0 Å². The number of hydrogen-bond acceptors (Lipinski definition) is 3. The smallest absolute Gasteiger partial charge is 0.416 e. The van der Waals surface area contributed by atoms with Gasteiger partial charge in [-0.3, -0.25) is 0 Å². The maximum absolute atomic E-state index is 12.5. The lowest BCUT2D eigenvalue weighted by molar-refractivity contribution is -0.137. The molecule has 2 rings (SSSR count). The lowest BCUT2D eigenvalue weighted by Crippen LogP contribution is -2.43. The second kappa shape index (κ2) is 5.61. The Hall–Kier alpha value is -1.27. The third-order valence-electron chi connectivity index (χ3n) is 3.06. The predicted molar refractivity (Wildman–Crippen MR) is 68.6 cm³/mol. The van der Waals surface area contributed by atoms with Crippen molar-refractivity contribution in [3.63, 3.8) is 0 Å². The molecule has 0 spiro atoms. The first kappa shape index (κ1) is 15.1. The van der Waals surface area contributed by atoms with Gasteiger partial charge in [-0.25, -0.2) is 0 Å². The zero-order chi connectivity index (χ0) is 14.8. The molecule has 1 aliphatic rings. The van der Waals surface area contributed by atoms with Gasteiger partial charge in [-0.1, -0.05) is 6.07 Å². The van der Waals surface area contributed by atoms with Crippen molar-refractivity contribution >= 4 is 0 Å². The fourth-order valence-corrected chi connectivity index (χ4v) is 1.70. The van der Waals surface area contributed by atoms with Gasteiger partial charge in [0.2, 0.25) is 0 Å². The maximum atomic E-state index is 12.5. The zero-order valence-electron chi connectivity index (χ0n) is 11.2. The summed E-state index contributed by atoms with van der Waals surface area (Å²) < 4.78 is 42.9. The molecule has 0 saturated heterocycles. The first-order valence-corrected chi connectivity index (χ1v) is 6.52. The third-order valence-corrected chi connectivity index (χ3v) is 3.06. The lowest BCUT2D eigenvalue weighted by Gasteiger charge is -2.24. The van der Waals surface area contributed by atoms with Crippen molar-refractivity contribution in [2.45, 2.75) is 37.6 Å². The molecule has 6 heteroatoms. The fourth-order valence-electron chi connectivity index (χ4n) is 1.70. The van der Waals surface area contributed by atoms with E-state index in [1.54, 1.807) is 6.92 Å². The van der Waals surface area contributed by atoms with Gasteiger partial charge < -0.3 is 15.2 Å². The number of aliphatic hydroxyl groups is 1. The van der Waals surface area contributed by atoms with Crippen LogP contribution < -0.4 is 10.1 Å². The molecule has 3 nitrogen and oxygen atoms in total. The maximum Gasteiger partial charge on any atom is 0.416 e. The van der Waals surface area contributed by atoms with E-state index in [1.807, 2.05) is 0 Å². The van der Waals surface area contributed by atoms with E-state index in [9.17, 15) is 18.3 Å². The molecule has 0 radical (unpaired) electrons. The number of ether oxygens (including phenoxy) is 1. The summed E-state index contributed by atoms with van der Waals surface area (Å²) in [5.74, 6) is 0.103. The Kier molecular flexibility index (Phi) is 4.25. The number of alkyl halides is 3. The van der Waals surface area contributed by atoms with Gasteiger partial charge in [0.05, 0.1) is 5.56 Å². The van der Waals surface area contributed by atoms with Crippen LogP contribution in [0.1, 0.15) is 25.3 Å². The number of hydrogen-bond donors (Lipinski definition) is 2. The van der Waals surface area contributed by atoms with E-state index in [2.05, 4.69) is 5.32 Å². The Labute approximate surface area is 115 Å². The highest BCUT2D eigenvalue weighted by Gasteiger charge is 2.31. The van der Waals surface area contributed by atoms with Crippen LogP contribution in [0.25, 0.3) is 0 Å². The van der Waals surface area contributed by atoms with Crippen molar-refractivity contribution in [1.29, 1.82) is 0 Å². The molecule has 1 aromatic rings. The fraction of sp³-hybridized carbons (Fsp3) is 0.571. The molecule has 1 fully saturated rings. The Morgan fingerprint density at radius 1 is 1.35 bits per heavy atom. The molecule has 1 unspecified atom stereocenters. The van der Waals surface area contributed by atoms with Crippen LogP contribution in [-0.4, -0.2) is 29.9 Å². The molecule has 0 amide bonds. The van der Waals surface area contributed by atoms with Crippen molar-refractivity contribution in [1.82, 2.24) is 5.32 Å². The van der Waals surface area contributed by atoms with Crippen LogP contribution in [0.15, 0.2) is 24.3 Å². The van der Waals surface area contributed by atoms with Crippen LogP contribution in [0.2, 0.25) is 0 Å². The van der Waals surface area contributed by atoms with Crippen LogP contribution >= 0.6 is 0 Å². The van der Waals surface area contributed by atoms with Gasteiger partial charge in [0.15, 0.2) is 0 Å². The Morgan fingerprint density at radius 2 is 2.05 bits per heavy atom. The lowest BCUT2D eigenvalue weighted by atomic mass is 10.1. The molecule has 2 N–H and O–H groups in total. The van der Waals surface area contributed by atoms with Crippen molar-refractivity contribution in [3.05, 3.63) is 29.8 Å². The standard InChI is InChI=1S/C14H18F3NO2/c1-13(19,8-18-11-5-6-11)9-20-12-4-2-3-10(7-12)14(15,16)17/h2-4,7,11,18-19H,5-6,8-9H2,1H3. The minimum atomic E-state index is -4.39. The average Bonchev–Trinajstić information content (AvgIpc) is 3.18. The van der Waals surface area contributed by atoms with Gasteiger partial charge in [0, 0.05) is 12.6 Å². The van der Waals surface area contributed by atoms with E-state index in [0.29, 0.717) is 12.6 Å². The number of benzene rings is 1. The van der Waals surface area contributed by atoms with Crippen LogP contribution in [-0.2, 0) is 6.18 Å². The highest BCUT2D eigenvalue weighted by Crippen LogP contribution is 2.31. The second-order valence-corrected chi connectivity index (χ2v) is 5.47. The molecular formula is C14H18F3NO2. The summed E-state index contributed by atoms with van der Waals surface area (Å²) in [6.45, 7) is 1.89. The number of nitrogens with one attached hydrogen (secondary N) is 1. The molecule has 112 valence electrons. The first-order chi connectivity index (χ1) is 9.26. The molecule has 0 aromatic heterocycles. The second-order valence-electron chi connectivity index (χ2n) is 5.47. The number of halogens is 3. The Bertz CT molecular complexity index is 456. The highest BCUT2D eigenvalue weighted by molar-refractivity contribution is 5.30. The SMILES string of the molecule is CC(O)(CNC1CC1)COc1cccc(C(F)(F)F)c1. The topological polar surface area (TPSA) is 41.5 Å². The molecule has 0 aliphatic heterocycles. The van der Waals surface area contributed by atoms with Crippen molar-refractivity contribution in [2.24, 2.45) is 0 Å². The Morgan fingerprint density at radius 3 is 2.65 bits per heavy atom. The van der Waals surface area contributed by atoms with E-state index in [4.69, 9.17) is 4.74 Å². The monoisotopic (exact) mass is 289 g/mol. The molecule has 0 heterocycles. The zero-order valence-corrected chi connectivity index (χ0v) is 11.2. The summed E-state index contributed by atoms with van der Waals surface area (Å²) in [5, 5.41) is 13.2. The highest BCUT2D eigenvalue weighted by atomic mass is 19.4. The van der Waals surface area contributed by atoms with Crippen molar-refractivity contribution in [3.8, 4) is 5.75 Å². The van der Waals surface area contributed by atoms with E-state index in [1.165, 1.54) is 12.1 Å². The minimum Gasteiger partial charge on any atom is -0.491 e. The molecule has 0 bridgehead atoms. The summed E-state index contributed by atoms with van der Waals surface area (Å²) in [7, 11) is 0. The van der Waals surface area contributed by atoms with Gasteiger partial charge in [0.1, 0.15) is 18.0 Å². The molecule has 1 aliphatic carbocycles. The molecule has 1 saturated carbocycles. The molecule has 20 heavy (non-hydrogen) atoms. The summed E-state index contributed by atoms with van der Waals surface area (Å²) in [4.78, 5) is 0. The van der Waals surface area contributed by atoms with Crippen molar-refractivity contribution < 1.29 is 23.0 Å². The number of rotatable bonds is 6. The Balaban J connectivity index is 1.89. The molecule has 1 aromatic carbocycles. The van der Waals surface area contributed by atoms with Gasteiger partial charge in [0.25, 0.3) is 0 Å². The molecular weight excluding hydrogens is 271 g/mol. The van der Waals surface area contributed by atoms with E-state index < -0.39 is 17.3 Å². The summed E-state index contributed by atoms with van der Waals surface area (Å²) >= 11 is 0. The summed E-state index contributed by atoms with van der Waals surface area (Å²) in [5.41, 5.74) is -1.87. The van der Waals surface area contributed by atoms with Crippen molar-refractivity contribution in [2.75, 3.05) is 13.2 Å². The minimum absolute atomic E-state index is 0.0615. The molecule has 1 atom stereocenters. The largest absolute Gasteiger partial charge is 0.491 e. The quantitative estimate of drug-likeness (QED) is 0.846. The van der Waals surface area contributed by atoms with Gasteiger partial charge >= 0.3 is 6.18 Å². The van der Waals surface area contributed by atoms with E-state index in [-0.39, 0.29) is 12.4 Å².